The van der Waals surface area contributed by atoms with Crippen LogP contribution in [0.2, 0.25) is 5.02 Å². The maximum atomic E-state index is 12.1. The first-order valence-electron chi connectivity index (χ1n) is 6.39. The van der Waals surface area contributed by atoms with Crippen molar-refractivity contribution in [3.05, 3.63) is 64.2 Å². The van der Waals surface area contributed by atoms with E-state index in [0.717, 1.165) is 22.1 Å². The largest absolute Gasteiger partial charge is 0.254 e. The molecule has 0 spiro atoms. The molecule has 2 atom stereocenters. The predicted octanol–water partition coefficient (Wildman–Crippen LogP) is 4.29. The zero-order valence-electron chi connectivity index (χ0n) is 10.7. The maximum Gasteiger partial charge on any atom is 0.0532 e. The van der Waals surface area contributed by atoms with Crippen LogP contribution >= 0.6 is 11.6 Å². The Bertz CT molecular complexity index is 634. The van der Waals surface area contributed by atoms with Gasteiger partial charge in [0.2, 0.25) is 0 Å². The molecule has 1 aliphatic heterocycles. The molecule has 0 aliphatic carbocycles. The van der Waals surface area contributed by atoms with Crippen molar-refractivity contribution in [1.82, 2.24) is 0 Å². The van der Waals surface area contributed by atoms with E-state index in [1.807, 2.05) is 24.3 Å². The number of benzene rings is 2. The molecule has 3 heteroatoms. The van der Waals surface area contributed by atoms with Gasteiger partial charge < -0.3 is 0 Å². The fraction of sp³-hybridized carbons (Fsp3) is 0.250. The molecule has 2 unspecified atom stereocenters. The second-order valence-corrected chi connectivity index (χ2v) is 6.96. The van der Waals surface area contributed by atoms with E-state index in [-0.39, 0.29) is 0 Å². The maximum absolute atomic E-state index is 12.1. The van der Waals surface area contributed by atoms with Gasteiger partial charge in [0.05, 0.1) is 10.8 Å². The minimum Gasteiger partial charge on any atom is -0.254 e. The minimum absolute atomic E-state index is 0.338. The van der Waals surface area contributed by atoms with Gasteiger partial charge in [-0.2, -0.15) is 0 Å². The number of aryl methyl sites for hydroxylation is 1. The summed E-state index contributed by atoms with van der Waals surface area (Å²) < 4.78 is 12.1. The van der Waals surface area contributed by atoms with Crippen molar-refractivity contribution in [2.45, 2.75) is 24.2 Å². The summed E-state index contributed by atoms with van der Waals surface area (Å²) >= 11 is 5.95. The first-order chi connectivity index (χ1) is 9.15. The highest BCUT2D eigenvalue weighted by atomic mass is 35.5. The standard InChI is InChI=1S/C16H15ClOS/c1-11-2-7-16-15(10-11)14(8-9-19(16)18)12-3-5-13(17)6-4-12/h2-7,10,14H,8-9H2,1H3. The molecule has 0 bridgehead atoms. The summed E-state index contributed by atoms with van der Waals surface area (Å²) in [5, 5.41) is 0.757. The van der Waals surface area contributed by atoms with Gasteiger partial charge in [-0.3, -0.25) is 4.21 Å². The van der Waals surface area contributed by atoms with Crippen molar-refractivity contribution in [2.75, 3.05) is 5.75 Å². The van der Waals surface area contributed by atoms with Crippen LogP contribution in [0.3, 0.4) is 0 Å². The third-order valence-corrected chi connectivity index (χ3v) is 5.37. The molecule has 0 aromatic heterocycles. The van der Waals surface area contributed by atoms with Gasteiger partial charge in [-0.05, 0) is 42.7 Å². The van der Waals surface area contributed by atoms with Gasteiger partial charge in [-0.15, -0.1) is 0 Å². The van der Waals surface area contributed by atoms with Crippen molar-refractivity contribution in [1.29, 1.82) is 0 Å². The fourth-order valence-electron chi connectivity index (χ4n) is 2.68. The van der Waals surface area contributed by atoms with Crippen molar-refractivity contribution in [3.63, 3.8) is 0 Å². The molecule has 0 radical (unpaired) electrons. The van der Waals surface area contributed by atoms with Crippen molar-refractivity contribution in [3.8, 4) is 0 Å². The van der Waals surface area contributed by atoms with Gasteiger partial charge in [0.25, 0.3) is 0 Å². The lowest BCUT2D eigenvalue weighted by Crippen LogP contribution is -2.16. The number of halogens is 1. The molecule has 2 aromatic rings. The van der Waals surface area contributed by atoms with Crippen LogP contribution in [0.4, 0.5) is 0 Å². The Morgan fingerprint density at radius 3 is 2.63 bits per heavy atom. The van der Waals surface area contributed by atoms with Crippen molar-refractivity contribution >= 4 is 22.4 Å². The van der Waals surface area contributed by atoms with Crippen LogP contribution in [0.15, 0.2) is 47.4 Å². The van der Waals surface area contributed by atoms with Crippen LogP contribution in [-0.2, 0) is 10.8 Å². The number of fused-ring (bicyclic) bond motifs is 1. The minimum atomic E-state index is -0.848. The molecule has 1 aliphatic rings. The van der Waals surface area contributed by atoms with Gasteiger partial charge in [0, 0.05) is 21.6 Å². The average molecular weight is 291 g/mol. The normalized spacial score (nSPS) is 22.0. The Labute approximate surface area is 121 Å². The van der Waals surface area contributed by atoms with Crippen LogP contribution < -0.4 is 0 Å². The fourth-order valence-corrected chi connectivity index (χ4v) is 4.16. The van der Waals surface area contributed by atoms with Crippen LogP contribution in [0, 0.1) is 6.92 Å². The second kappa shape index (κ2) is 5.10. The Morgan fingerprint density at radius 1 is 1.16 bits per heavy atom. The summed E-state index contributed by atoms with van der Waals surface area (Å²) in [6.45, 7) is 2.08. The topological polar surface area (TPSA) is 17.1 Å². The van der Waals surface area contributed by atoms with Crippen LogP contribution in [0.1, 0.15) is 29.0 Å². The Balaban J connectivity index is 2.10. The van der Waals surface area contributed by atoms with E-state index in [1.54, 1.807) is 0 Å². The SMILES string of the molecule is Cc1ccc2c(c1)C(c1ccc(Cl)cc1)CCS2=O. The Hall–Kier alpha value is -1.12. The van der Waals surface area contributed by atoms with E-state index in [1.165, 1.54) is 16.7 Å². The van der Waals surface area contributed by atoms with Crippen LogP contribution in [-0.4, -0.2) is 9.96 Å². The first kappa shape index (κ1) is 12.9. The van der Waals surface area contributed by atoms with E-state index in [2.05, 4.69) is 25.1 Å². The monoisotopic (exact) mass is 290 g/mol. The van der Waals surface area contributed by atoms with Gasteiger partial charge in [-0.25, -0.2) is 0 Å². The highest BCUT2D eigenvalue weighted by Crippen LogP contribution is 2.37. The molecule has 2 aromatic carbocycles. The molecule has 0 amide bonds. The van der Waals surface area contributed by atoms with E-state index < -0.39 is 10.8 Å². The highest BCUT2D eigenvalue weighted by molar-refractivity contribution is 7.85. The van der Waals surface area contributed by atoms with E-state index >= 15 is 0 Å². The number of hydrogen-bond acceptors (Lipinski definition) is 1. The number of hydrogen-bond donors (Lipinski definition) is 0. The van der Waals surface area contributed by atoms with Crippen molar-refractivity contribution in [2.24, 2.45) is 0 Å². The van der Waals surface area contributed by atoms with Crippen LogP contribution in [0.25, 0.3) is 0 Å². The molecule has 19 heavy (non-hydrogen) atoms. The predicted molar refractivity (Wildman–Crippen MR) is 80.4 cm³/mol. The Kier molecular flexibility index (Phi) is 3.46. The van der Waals surface area contributed by atoms with Gasteiger partial charge in [0.15, 0.2) is 0 Å². The summed E-state index contributed by atoms with van der Waals surface area (Å²) in [5.74, 6) is 1.08. The summed E-state index contributed by atoms with van der Waals surface area (Å²) in [6.07, 6.45) is 0.935. The van der Waals surface area contributed by atoms with E-state index in [4.69, 9.17) is 11.6 Å². The molecule has 0 saturated carbocycles. The molecular formula is C16H15ClOS. The molecule has 0 N–H and O–H groups in total. The van der Waals surface area contributed by atoms with Crippen LogP contribution in [0.5, 0.6) is 0 Å². The van der Waals surface area contributed by atoms with Gasteiger partial charge in [0.1, 0.15) is 0 Å². The van der Waals surface area contributed by atoms with Gasteiger partial charge >= 0.3 is 0 Å². The zero-order chi connectivity index (χ0) is 13.4. The smallest absolute Gasteiger partial charge is 0.0532 e. The summed E-state index contributed by atoms with van der Waals surface area (Å²) in [5.41, 5.74) is 3.69. The molecule has 0 fully saturated rings. The molecular weight excluding hydrogens is 276 g/mol. The number of rotatable bonds is 1. The molecule has 0 saturated heterocycles. The van der Waals surface area contributed by atoms with E-state index in [9.17, 15) is 4.21 Å². The third-order valence-electron chi connectivity index (χ3n) is 3.65. The summed E-state index contributed by atoms with van der Waals surface area (Å²) in [4.78, 5) is 0.997. The quantitative estimate of drug-likeness (QED) is 0.766. The highest BCUT2D eigenvalue weighted by Gasteiger charge is 2.25. The first-order valence-corrected chi connectivity index (χ1v) is 8.09. The lowest BCUT2D eigenvalue weighted by molar-refractivity contribution is 0.661. The van der Waals surface area contributed by atoms with Gasteiger partial charge in [-0.1, -0.05) is 41.4 Å². The lowest BCUT2D eigenvalue weighted by atomic mass is 9.88. The summed E-state index contributed by atoms with van der Waals surface area (Å²) in [7, 11) is -0.848. The molecule has 1 heterocycles. The van der Waals surface area contributed by atoms with Crippen molar-refractivity contribution < 1.29 is 4.21 Å². The molecule has 1 nitrogen and oxygen atoms in total. The lowest BCUT2D eigenvalue weighted by Gasteiger charge is -2.26. The summed E-state index contributed by atoms with van der Waals surface area (Å²) in [6, 6.07) is 14.2. The molecule has 98 valence electrons. The molecule has 3 rings (SSSR count). The zero-order valence-corrected chi connectivity index (χ0v) is 12.3. The Morgan fingerprint density at radius 2 is 1.89 bits per heavy atom. The second-order valence-electron chi connectivity index (χ2n) is 4.98. The average Bonchev–Trinajstić information content (AvgIpc) is 2.40. The third kappa shape index (κ3) is 2.47. The van der Waals surface area contributed by atoms with E-state index in [0.29, 0.717) is 5.92 Å².